The summed E-state index contributed by atoms with van der Waals surface area (Å²) in [6.45, 7) is 0.338. The lowest BCUT2D eigenvalue weighted by Gasteiger charge is -2.22. The van der Waals surface area contributed by atoms with Crippen LogP contribution in [0.5, 0.6) is 5.75 Å². The van der Waals surface area contributed by atoms with Crippen molar-refractivity contribution >= 4 is 0 Å². The number of rotatable bonds is 4. The first-order chi connectivity index (χ1) is 10.3. The van der Waals surface area contributed by atoms with Gasteiger partial charge in [-0.2, -0.15) is 4.98 Å². The molecule has 2 aromatic rings. The van der Waals surface area contributed by atoms with Crippen molar-refractivity contribution in [3.63, 3.8) is 0 Å². The molecule has 4 rings (SSSR count). The van der Waals surface area contributed by atoms with E-state index in [1.807, 2.05) is 6.07 Å². The Hall–Kier alpha value is -1.88. The van der Waals surface area contributed by atoms with Crippen LogP contribution in [0.2, 0.25) is 0 Å². The second kappa shape index (κ2) is 5.15. The number of fused-ring (bicyclic) bond motifs is 1. The number of hydrogen-bond donors (Lipinski definition) is 1. The summed E-state index contributed by atoms with van der Waals surface area (Å²) in [5.74, 6) is 2.66. The van der Waals surface area contributed by atoms with Crippen LogP contribution in [0.3, 0.4) is 0 Å². The molecule has 0 unspecified atom stereocenters. The molecule has 110 valence electrons. The Balaban J connectivity index is 1.45. The molecule has 0 radical (unpaired) electrons. The highest BCUT2D eigenvalue weighted by atomic mass is 16.5. The van der Waals surface area contributed by atoms with Crippen LogP contribution < -0.4 is 10.5 Å². The molecular formula is C16H19N3O2. The van der Waals surface area contributed by atoms with Gasteiger partial charge >= 0.3 is 0 Å². The lowest BCUT2D eigenvalue weighted by molar-refractivity contribution is 0.284. The third-order valence-corrected chi connectivity index (χ3v) is 4.26. The normalized spacial score (nSPS) is 21.1. The van der Waals surface area contributed by atoms with Gasteiger partial charge in [0.15, 0.2) is 6.61 Å². The van der Waals surface area contributed by atoms with Gasteiger partial charge in [-0.15, -0.1) is 0 Å². The first kappa shape index (κ1) is 12.8. The largest absolute Gasteiger partial charge is 0.485 e. The molecule has 1 heterocycles. The summed E-state index contributed by atoms with van der Waals surface area (Å²) >= 11 is 0. The van der Waals surface area contributed by atoms with E-state index in [4.69, 9.17) is 15.0 Å². The van der Waals surface area contributed by atoms with E-state index in [0.717, 1.165) is 37.3 Å². The minimum atomic E-state index is 0.129. The molecule has 1 atom stereocenters. The molecule has 0 amide bonds. The van der Waals surface area contributed by atoms with Crippen LogP contribution >= 0.6 is 0 Å². The number of hydrogen-bond acceptors (Lipinski definition) is 5. The SMILES string of the molecule is N[C@@H]1CCCc2ccc(OCc3noc(C4CC4)n3)cc21. The third kappa shape index (κ3) is 2.65. The molecule has 0 bridgehead atoms. The summed E-state index contributed by atoms with van der Waals surface area (Å²) in [5, 5.41) is 3.96. The fourth-order valence-electron chi connectivity index (χ4n) is 2.87. The first-order valence-electron chi connectivity index (χ1n) is 7.63. The van der Waals surface area contributed by atoms with Crippen LogP contribution in [0.15, 0.2) is 22.7 Å². The molecule has 0 spiro atoms. The fraction of sp³-hybridized carbons (Fsp3) is 0.500. The Kier molecular flexibility index (Phi) is 3.15. The topological polar surface area (TPSA) is 74.2 Å². The average Bonchev–Trinajstić information content (AvgIpc) is 3.25. The first-order valence-corrected chi connectivity index (χ1v) is 7.63. The van der Waals surface area contributed by atoms with Gasteiger partial charge in [0.05, 0.1) is 0 Å². The van der Waals surface area contributed by atoms with Crippen molar-refractivity contribution in [3.8, 4) is 5.75 Å². The quantitative estimate of drug-likeness (QED) is 0.935. The van der Waals surface area contributed by atoms with Crippen molar-refractivity contribution in [2.45, 2.75) is 50.7 Å². The maximum atomic E-state index is 6.17. The highest BCUT2D eigenvalue weighted by Gasteiger charge is 2.29. The number of aromatic nitrogens is 2. The molecule has 0 aliphatic heterocycles. The molecule has 21 heavy (non-hydrogen) atoms. The molecule has 2 N–H and O–H groups in total. The Morgan fingerprint density at radius 1 is 1.29 bits per heavy atom. The molecule has 1 fully saturated rings. The van der Waals surface area contributed by atoms with Crippen LogP contribution in [-0.4, -0.2) is 10.1 Å². The zero-order chi connectivity index (χ0) is 14.2. The summed E-state index contributed by atoms with van der Waals surface area (Å²) in [7, 11) is 0. The number of benzene rings is 1. The molecule has 2 aliphatic rings. The molecule has 0 saturated heterocycles. The highest BCUT2D eigenvalue weighted by Crippen LogP contribution is 2.38. The molecule has 1 aromatic carbocycles. The van der Waals surface area contributed by atoms with Gasteiger partial charge in [-0.25, -0.2) is 0 Å². The fourth-order valence-corrected chi connectivity index (χ4v) is 2.87. The van der Waals surface area contributed by atoms with E-state index in [1.54, 1.807) is 0 Å². The molecule has 5 nitrogen and oxygen atoms in total. The molecule has 1 saturated carbocycles. The average molecular weight is 285 g/mol. The van der Waals surface area contributed by atoms with Gasteiger partial charge < -0.3 is 15.0 Å². The molecule has 2 aliphatic carbocycles. The lowest BCUT2D eigenvalue weighted by atomic mass is 9.88. The Morgan fingerprint density at radius 2 is 2.19 bits per heavy atom. The van der Waals surface area contributed by atoms with E-state index in [1.165, 1.54) is 17.5 Å². The van der Waals surface area contributed by atoms with Crippen LogP contribution in [-0.2, 0) is 13.0 Å². The van der Waals surface area contributed by atoms with Gasteiger partial charge in [0.2, 0.25) is 11.7 Å². The van der Waals surface area contributed by atoms with E-state index in [2.05, 4.69) is 22.3 Å². The predicted molar refractivity (Wildman–Crippen MR) is 76.9 cm³/mol. The standard InChI is InChI=1S/C16H19N3O2/c17-14-3-1-2-10-6-7-12(8-13(10)14)20-9-15-18-16(21-19-15)11-4-5-11/h6-8,11,14H,1-5,9,17H2/t14-/m1/s1. The lowest BCUT2D eigenvalue weighted by Crippen LogP contribution is -2.17. The van der Waals surface area contributed by atoms with Crippen LogP contribution in [0, 0.1) is 0 Å². The summed E-state index contributed by atoms with van der Waals surface area (Å²) in [6.07, 6.45) is 5.64. The second-order valence-electron chi connectivity index (χ2n) is 5.97. The maximum absolute atomic E-state index is 6.17. The van der Waals surface area contributed by atoms with Gasteiger partial charge in [-0.1, -0.05) is 11.2 Å². The minimum absolute atomic E-state index is 0.129. The van der Waals surface area contributed by atoms with Gasteiger partial charge in [0.1, 0.15) is 5.75 Å². The number of nitrogens with two attached hydrogens (primary N) is 1. The summed E-state index contributed by atoms with van der Waals surface area (Å²) in [6, 6.07) is 6.30. The zero-order valence-corrected chi connectivity index (χ0v) is 11.9. The van der Waals surface area contributed by atoms with Gasteiger partial charge in [-0.3, -0.25) is 0 Å². The Bertz CT molecular complexity index is 649. The Morgan fingerprint density at radius 3 is 3.05 bits per heavy atom. The van der Waals surface area contributed by atoms with Crippen molar-refractivity contribution in [2.24, 2.45) is 5.73 Å². The van der Waals surface area contributed by atoms with Crippen LogP contribution in [0.25, 0.3) is 0 Å². The minimum Gasteiger partial charge on any atom is -0.485 e. The zero-order valence-electron chi connectivity index (χ0n) is 11.9. The van der Waals surface area contributed by atoms with Gasteiger partial charge in [-0.05, 0) is 55.4 Å². The van der Waals surface area contributed by atoms with E-state index in [9.17, 15) is 0 Å². The van der Waals surface area contributed by atoms with E-state index < -0.39 is 0 Å². The number of nitrogens with zero attached hydrogens (tertiary/aromatic N) is 2. The van der Waals surface area contributed by atoms with E-state index in [-0.39, 0.29) is 6.04 Å². The van der Waals surface area contributed by atoms with Crippen molar-refractivity contribution < 1.29 is 9.26 Å². The summed E-state index contributed by atoms with van der Waals surface area (Å²) in [4.78, 5) is 4.36. The van der Waals surface area contributed by atoms with E-state index in [0.29, 0.717) is 18.3 Å². The van der Waals surface area contributed by atoms with Gasteiger partial charge in [0, 0.05) is 12.0 Å². The van der Waals surface area contributed by atoms with Crippen molar-refractivity contribution in [1.82, 2.24) is 10.1 Å². The third-order valence-electron chi connectivity index (χ3n) is 4.26. The van der Waals surface area contributed by atoms with Crippen molar-refractivity contribution in [1.29, 1.82) is 0 Å². The van der Waals surface area contributed by atoms with Crippen LogP contribution in [0.4, 0.5) is 0 Å². The van der Waals surface area contributed by atoms with E-state index >= 15 is 0 Å². The van der Waals surface area contributed by atoms with Crippen molar-refractivity contribution in [3.05, 3.63) is 41.0 Å². The maximum Gasteiger partial charge on any atom is 0.229 e. The monoisotopic (exact) mass is 285 g/mol. The predicted octanol–water partition coefficient (Wildman–Crippen LogP) is 2.86. The van der Waals surface area contributed by atoms with Crippen LogP contribution in [0.1, 0.15) is 60.5 Å². The van der Waals surface area contributed by atoms with Gasteiger partial charge in [0.25, 0.3) is 0 Å². The highest BCUT2D eigenvalue weighted by molar-refractivity contribution is 5.39. The summed E-state index contributed by atoms with van der Waals surface area (Å²) in [5.41, 5.74) is 8.73. The Labute approximate surface area is 123 Å². The van der Waals surface area contributed by atoms with Crippen molar-refractivity contribution in [2.75, 3.05) is 0 Å². The molecule has 1 aromatic heterocycles. The number of aryl methyl sites for hydroxylation is 1. The summed E-state index contributed by atoms with van der Waals surface area (Å²) < 4.78 is 11.0. The molecule has 5 heteroatoms. The second-order valence-corrected chi connectivity index (χ2v) is 5.97. The number of ether oxygens (including phenoxy) is 1. The smallest absolute Gasteiger partial charge is 0.229 e. The molecular weight excluding hydrogens is 266 g/mol.